The molecular weight excluding hydrogens is 356 g/mol. The van der Waals surface area contributed by atoms with E-state index in [1.807, 2.05) is 0 Å². The fraction of sp³-hybridized carbons (Fsp3) is 0.400. The van der Waals surface area contributed by atoms with Crippen LogP contribution in [-0.2, 0) is 6.54 Å². The molecule has 0 N–H and O–H groups in total. The Kier molecular flexibility index (Phi) is 3.85. The summed E-state index contributed by atoms with van der Waals surface area (Å²) in [5, 5.41) is 0. The molecule has 29 heavy (non-hydrogen) atoms. The van der Waals surface area contributed by atoms with E-state index in [9.17, 15) is 0 Å². The van der Waals surface area contributed by atoms with Gasteiger partial charge in [-0.2, -0.15) is 0 Å². The Labute approximate surface area is 172 Å². The summed E-state index contributed by atoms with van der Waals surface area (Å²) >= 11 is 0. The summed E-state index contributed by atoms with van der Waals surface area (Å²) in [5.41, 5.74) is 7.24. The number of nitrogens with zero attached hydrogens (tertiary/aromatic N) is 4. The summed E-state index contributed by atoms with van der Waals surface area (Å²) in [6.45, 7) is 12.4. The molecule has 148 valence electrons. The van der Waals surface area contributed by atoms with Gasteiger partial charge in [0, 0.05) is 42.5 Å². The van der Waals surface area contributed by atoms with Gasteiger partial charge in [0.25, 0.3) is 0 Å². The SMILES string of the molecule is C=C1c2cccc3nc(-c4ccc(C)cc4)n(c23)CCN1C1CN2CCC1CC2. The van der Waals surface area contributed by atoms with Crippen molar-refractivity contribution in [2.45, 2.75) is 32.4 Å². The second-order valence-electron chi connectivity index (χ2n) is 8.97. The standard InChI is InChI=1S/C25H28N4/c1-17-6-8-20(9-7-17)25-26-22-5-3-4-21-18(2)28(14-15-29(25)24(21)22)23-16-27-12-10-19(23)11-13-27/h3-9,19,23H,2,10-16H2,1H3. The summed E-state index contributed by atoms with van der Waals surface area (Å²) < 4.78 is 2.43. The maximum Gasteiger partial charge on any atom is 0.141 e. The number of para-hydroxylation sites is 1. The van der Waals surface area contributed by atoms with Crippen molar-refractivity contribution in [2.24, 2.45) is 5.92 Å². The normalized spacial score (nSPS) is 26.2. The number of aromatic nitrogens is 2. The van der Waals surface area contributed by atoms with E-state index in [-0.39, 0.29) is 0 Å². The fourth-order valence-electron chi connectivity index (χ4n) is 5.71. The molecule has 2 bridgehead atoms. The number of imidazole rings is 1. The molecule has 4 aliphatic heterocycles. The molecule has 0 saturated carbocycles. The van der Waals surface area contributed by atoms with Crippen molar-refractivity contribution in [3.63, 3.8) is 0 Å². The predicted octanol–water partition coefficient (Wildman–Crippen LogP) is 4.39. The van der Waals surface area contributed by atoms with E-state index in [4.69, 9.17) is 4.98 Å². The van der Waals surface area contributed by atoms with Crippen LogP contribution in [0.25, 0.3) is 28.1 Å². The Morgan fingerprint density at radius 2 is 1.76 bits per heavy atom. The van der Waals surface area contributed by atoms with Crippen molar-refractivity contribution in [1.29, 1.82) is 0 Å². The lowest BCUT2D eigenvalue weighted by atomic mass is 9.82. The molecule has 5 heterocycles. The third-order valence-corrected chi connectivity index (χ3v) is 7.32. The molecule has 0 radical (unpaired) electrons. The fourth-order valence-corrected chi connectivity index (χ4v) is 5.71. The van der Waals surface area contributed by atoms with Crippen LogP contribution in [0.3, 0.4) is 0 Å². The Morgan fingerprint density at radius 3 is 2.48 bits per heavy atom. The minimum atomic E-state index is 0.598. The third kappa shape index (κ3) is 2.66. The molecule has 0 spiro atoms. The number of fused-ring (bicyclic) bond motifs is 3. The topological polar surface area (TPSA) is 24.3 Å². The second kappa shape index (κ2) is 6.46. The predicted molar refractivity (Wildman–Crippen MR) is 119 cm³/mol. The lowest BCUT2D eigenvalue weighted by Gasteiger charge is -2.50. The molecule has 4 nitrogen and oxygen atoms in total. The van der Waals surface area contributed by atoms with Gasteiger partial charge in [-0.15, -0.1) is 0 Å². The first kappa shape index (κ1) is 17.3. The summed E-state index contributed by atoms with van der Waals surface area (Å²) in [4.78, 5) is 10.3. The van der Waals surface area contributed by atoms with Gasteiger partial charge >= 0.3 is 0 Å². The molecule has 0 aliphatic carbocycles. The lowest BCUT2D eigenvalue weighted by molar-refractivity contribution is 0.0297. The average molecular weight is 385 g/mol. The highest BCUT2D eigenvalue weighted by atomic mass is 15.3. The molecule has 1 aromatic heterocycles. The van der Waals surface area contributed by atoms with Gasteiger partial charge in [-0.05, 0) is 44.8 Å². The summed E-state index contributed by atoms with van der Waals surface area (Å²) in [7, 11) is 0. The zero-order chi connectivity index (χ0) is 19.5. The Hall–Kier alpha value is -2.59. The maximum absolute atomic E-state index is 5.03. The van der Waals surface area contributed by atoms with E-state index in [1.54, 1.807) is 0 Å². The van der Waals surface area contributed by atoms with E-state index in [2.05, 4.69) is 70.3 Å². The summed E-state index contributed by atoms with van der Waals surface area (Å²) in [6.07, 6.45) is 2.67. The second-order valence-corrected chi connectivity index (χ2v) is 8.97. The molecule has 1 unspecified atom stereocenters. The van der Waals surface area contributed by atoms with E-state index in [0.717, 1.165) is 30.3 Å². The number of benzene rings is 2. The number of hydrogen-bond acceptors (Lipinski definition) is 3. The molecule has 2 aromatic carbocycles. The van der Waals surface area contributed by atoms with E-state index in [0.29, 0.717) is 6.04 Å². The van der Waals surface area contributed by atoms with Gasteiger partial charge in [0.05, 0.1) is 11.0 Å². The maximum atomic E-state index is 5.03. The highest BCUT2D eigenvalue weighted by Gasteiger charge is 2.39. The smallest absolute Gasteiger partial charge is 0.141 e. The average Bonchev–Trinajstić information content (AvgIpc) is 3.06. The molecule has 3 saturated heterocycles. The van der Waals surface area contributed by atoms with Crippen molar-refractivity contribution in [2.75, 3.05) is 26.2 Å². The number of hydrogen-bond donors (Lipinski definition) is 0. The largest absolute Gasteiger partial charge is 0.365 e. The van der Waals surface area contributed by atoms with Crippen LogP contribution in [-0.4, -0.2) is 51.6 Å². The molecule has 3 aromatic rings. The number of piperidine rings is 3. The first-order valence-electron chi connectivity index (χ1n) is 10.9. The molecular formula is C25H28N4. The van der Waals surface area contributed by atoms with E-state index < -0.39 is 0 Å². The summed E-state index contributed by atoms with van der Waals surface area (Å²) in [6, 6.07) is 15.9. The molecule has 7 rings (SSSR count). The van der Waals surface area contributed by atoms with Crippen LogP contribution < -0.4 is 0 Å². The van der Waals surface area contributed by atoms with Gasteiger partial charge in [-0.25, -0.2) is 4.98 Å². The van der Waals surface area contributed by atoms with Gasteiger partial charge in [0.1, 0.15) is 5.82 Å². The van der Waals surface area contributed by atoms with Crippen LogP contribution in [0, 0.1) is 12.8 Å². The van der Waals surface area contributed by atoms with Gasteiger partial charge in [0.2, 0.25) is 0 Å². The quantitative estimate of drug-likeness (QED) is 0.655. The minimum Gasteiger partial charge on any atom is -0.365 e. The van der Waals surface area contributed by atoms with Crippen LogP contribution in [0.2, 0.25) is 0 Å². The highest BCUT2D eigenvalue weighted by Crippen LogP contribution is 2.38. The van der Waals surface area contributed by atoms with E-state index in [1.165, 1.54) is 60.4 Å². The summed E-state index contributed by atoms with van der Waals surface area (Å²) in [5.74, 6) is 1.89. The molecule has 0 amide bonds. The minimum absolute atomic E-state index is 0.598. The van der Waals surface area contributed by atoms with Gasteiger partial charge in [0.15, 0.2) is 0 Å². The van der Waals surface area contributed by atoms with Crippen molar-refractivity contribution in [3.05, 3.63) is 60.2 Å². The van der Waals surface area contributed by atoms with Crippen molar-refractivity contribution in [1.82, 2.24) is 19.4 Å². The Balaban J connectivity index is 1.45. The van der Waals surface area contributed by atoms with Crippen molar-refractivity contribution >= 4 is 16.7 Å². The molecule has 1 atom stereocenters. The van der Waals surface area contributed by atoms with Gasteiger partial charge < -0.3 is 14.4 Å². The first-order chi connectivity index (χ1) is 14.2. The number of rotatable bonds is 2. The highest BCUT2D eigenvalue weighted by molar-refractivity contribution is 5.91. The number of aryl methyl sites for hydroxylation is 1. The van der Waals surface area contributed by atoms with E-state index >= 15 is 0 Å². The zero-order valence-corrected chi connectivity index (χ0v) is 17.1. The monoisotopic (exact) mass is 384 g/mol. The van der Waals surface area contributed by atoms with Gasteiger partial charge in [-0.3, -0.25) is 0 Å². The first-order valence-corrected chi connectivity index (χ1v) is 10.9. The molecule has 4 heteroatoms. The third-order valence-electron chi connectivity index (χ3n) is 7.32. The lowest BCUT2D eigenvalue weighted by Crippen LogP contribution is -2.57. The van der Waals surface area contributed by atoms with Crippen LogP contribution >= 0.6 is 0 Å². The van der Waals surface area contributed by atoms with Gasteiger partial charge in [-0.1, -0.05) is 48.5 Å². The Morgan fingerprint density at radius 1 is 0.966 bits per heavy atom. The van der Waals surface area contributed by atoms with Crippen molar-refractivity contribution < 1.29 is 0 Å². The van der Waals surface area contributed by atoms with Crippen LogP contribution in [0.5, 0.6) is 0 Å². The van der Waals surface area contributed by atoms with Crippen LogP contribution in [0.1, 0.15) is 24.0 Å². The zero-order valence-electron chi connectivity index (χ0n) is 17.1. The molecule has 4 aliphatic rings. The molecule has 3 fully saturated rings. The van der Waals surface area contributed by atoms with Crippen molar-refractivity contribution in [3.8, 4) is 11.4 Å². The van der Waals surface area contributed by atoms with Crippen LogP contribution in [0.4, 0.5) is 0 Å². The van der Waals surface area contributed by atoms with Crippen LogP contribution in [0.15, 0.2) is 49.0 Å². The Bertz CT molecular complexity index is 1090.